The number of carbonyl (C=O) groups is 1. The van der Waals surface area contributed by atoms with E-state index in [1.54, 1.807) is 24.5 Å². The first-order valence-corrected chi connectivity index (χ1v) is 11.0. The Bertz CT molecular complexity index is 960. The molecule has 1 unspecified atom stereocenters. The number of aromatic nitrogens is 1. The molecule has 0 radical (unpaired) electrons. The Morgan fingerprint density at radius 3 is 2.30 bits per heavy atom. The van der Waals surface area contributed by atoms with Gasteiger partial charge in [-0.3, -0.25) is 9.54 Å². The molecule has 1 aromatic heterocycles. The van der Waals surface area contributed by atoms with Crippen LogP contribution in [0.25, 0.3) is 0 Å². The van der Waals surface area contributed by atoms with E-state index in [9.17, 15) is 17.8 Å². The van der Waals surface area contributed by atoms with Crippen LogP contribution in [0.2, 0.25) is 0 Å². The van der Waals surface area contributed by atoms with Gasteiger partial charge in [-0.1, -0.05) is 12.1 Å². The molecular formula is C20H25N3O6S. The molecule has 0 spiro atoms. The number of anilines is 1. The normalized spacial score (nSPS) is 17.3. The third kappa shape index (κ3) is 5.07. The van der Waals surface area contributed by atoms with E-state index in [4.69, 9.17) is 15.6 Å². The van der Waals surface area contributed by atoms with Crippen molar-refractivity contribution in [3.05, 3.63) is 54.4 Å². The van der Waals surface area contributed by atoms with Crippen molar-refractivity contribution >= 4 is 21.8 Å². The average Bonchev–Trinajstić information content (AvgIpc) is 2.73. The van der Waals surface area contributed by atoms with Gasteiger partial charge in [-0.2, -0.15) is 8.42 Å². The Morgan fingerprint density at radius 2 is 1.77 bits per heavy atom. The van der Waals surface area contributed by atoms with Gasteiger partial charge in [0.1, 0.15) is 5.75 Å². The summed E-state index contributed by atoms with van der Waals surface area (Å²) in [4.78, 5) is 14.8. The van der Waals surface area contributed by atoms with E-state index in [1.807, 2.05) is 12.1 Å². The first-order valence-electron chi connectivity index (χ1n) is 9.55. The summed E-state index contributed by atoms with van der Waals surface area (Å²) in [6, 6.07) is 10.3. The zero-order chi connectivity index (χ0) is 21.8. The molecule has 1 aromatic carbocycles. The molecule has 2 aromatic rings. The van der Waals surface area contributed by atoms with Crippen molar-refractivity contribution in [1.82, 2.24) is 4.98 Å². The number of carboxylic acids is 1. The second kappa shape index (κ2) is 8.99. The van der Waals surface area contributed by atoms with E-state index in [0.29, 0.717) is 23.8 Å². The van der Waals surface area contributed by atoms with Gasteiger partial charge in [0.25, 0.3) is 10.1 Å². The number of pyridine rings is 1. The second-order valence-corrected chi connectivity index (χ2v) is 9.12. The SMILES string of the molecule is NC(Cc1ccc(OCC2CCN(c3ccncc3)CC2)cc1)(C(=O)O)S(=O)(=O)O. The lowest BCUT2D eigenvalue weighted by Gasteiger charge is -2.33. The number of hydrogen-bond donors (Lipinski definition) is 3. The highest BCUT2D eigenvalue weighted by molar-refractivity contribution is 7.88. The van der Waals surface area contributed by atoms with Crippen molar-refractivity contribution in [3.8, 4) is 5.75 Å². The number of nitrogens with zero attached hydrogens (tertiary/aromatic N) is 2. The maximum Gasteiger partial charge on any atom is 0.342 e. The number of piperidine rings is 1. The molecule has 3 rings (SSSR count). The lowest BCUT2D eigenvalue weighted by Crippen LogP contribution is -2.56. The van der Waals surface area contributed by atoms with Gasteiger partial charge in [-0.05, 0) is 48.6 Å². The molecule has 30 heavy (non-hydrogen) atoms. The molecule has 10 heteroatoms. The highest BCUT2D eigenvalue weighted by Gasteiger charge is 2.47. The minimum Gasteiger partial charge on any atom is -0.493 e. The summed E-state index contributed by atoms with van der Waals surface area (Å²) < 4.78 is 37.8. The van der Waals surface area contributed by atoms with Crippen molar-refractivity contribution in [2.24, 2.45) is 11.7 Å². The fourth-order valence-corrected chi connectivity index (χ4v) is 3.98. The Hall–Kier alpha value is -2.69. The summed E-state index contributed by atoms with van der Waals surface area (Å²) in [5, 5.41) is 9.11. The number of hydrogen-bond acceptors (Lipinski definition) is 7. The van der Waals surface area contributed by atoms with Gasteiger partial charge in [0.15, 0.2) is 0 Å². The summed E-state index contributed by atoms with van der Waals surface area (Å²) in [6.07, 6.45) is 5.02. The minimum absolute atomic E-state index is 0.357. The molecular weight excluding hydrogens is 410 g/mol. The minimum atomic E-state index is -4.98. The van der Waals surface area contributed by atoms with Crippen LogP contribution in [0, 0.1) is 5.92 Å². The van der Waals surface area contributed by atoms with Crippen LogP contribution in [-0.2, 0) is 21.3 Å². The molecule has 0 amide bonds. The summed E-state index contributed by atoms with van der Waals surface area (Å²) in [5.74, 6) is -0.797. The largest absolute Gasteiger partial charge is 0.493 e. The van der Waals surface area contributed by atoms with E-state index in [0.717, 1.165) is 25.9 Å². The zero-order valence-corrected chi connectivity index (χ0v) is 17.2. The first-order chi connectivity index (χ1) is 14.2. The molecule has 0 saturated carbocycles. The summed E-state index contributed by atoms with van der Waals surface area (Å²) in [5.41, 5.74) is 6.95. The van der Waals surface area contributed by atoms with E-state index in [2.05, 4.69) is 9.88 Å². The fourth-order valence-electron chi connectivity index (χ4n) is 3.41. The van der Waals surface area contributed by atoms with Gasteiger partial charge in [-0.15, -0.1) is 0 Å². The highest BCUT2D eigenvalue weighted by Crippen LogP contribution is 2.24. The third-order valence-corrected chi connectivity index (χ3v) is 6.58. The monoisotopic (exact) mass is 435 g/mol. The number of rotatable bonds is 8. The molecule has 162 valence electrons. The smallest absolute Gasteiger partial charge is 0.342 e. The fraction of sp³-hybridized carbons (Fsp3) is 0.400. The predicted molar refractivity (Wildman–Crippen MR) is 111 cm³/mol. The number of ether oxygens (including phenoxy) is 1. The van der Waals surface area contributed by atoms with Crippen molar-refractivity contribution in [3.63, 3.8) is 0 Å². The Kier molecular flexibility index (Phi) is 6.59. The predicted octanol–water partition coefficient (Wildman–Crippen LogP) is 1.55. The first kappa shape index (κ1) is 22.0. The van der Waals surface area contributed by atoms with Crippen molar-refractivity contribution in [2.45, 2.75) is 24.1 Å². The quantitative estimate of drug-likeness (QED) is 0.526. The number of aliphatic carboxylic acids is 1. The van der Waals surface area contributed by atoms with Crippen molar-refractivity contribution in [1.29, 1.82) is 0 Å². The van der Waals surface area contributed by atoms with E-state index >= 15 is 0 Å². The Morgan fingerprint density at radius 1 is 1.17 bits per heavy atom. The van der Waals surface area contributed by atoms with Gasteiger partial charge in [0.2, 0.25) is 4.87 Å². The van der Waals surface area contributed by atoms with Crippen LogP contribution in [0.15, 0.2) is 48.8 Å². The van der Waals surface area contributed by atoms with Gasteiger partial charge < -0.3 is 20.5 Å². The third-order valence-electron chi connectivity index (χ3n) is 5.34. The Balaban J connectivity index is 1.51. The van der Waals surface area contributed by atoms with Gasteiger partial charge in [0.05, 0.1) is 6.61 Å². The average molecular weight is 436 g/mol. The Labute approximate surface area is 175 Å². The molecule has 0 bridgehead atoms. The molecule has 1 aliphatic rings. The molecule has 9 nitrogen and oxygen atoms in total. The topological polar surface area (TPSA) is 143 Å². The molecule has 1 saturated heterocycles. The van der Waals surface area contributed by atoms with Gasteiger partial charge >= 0.3 is 5.97 Å². The van der Waals surface area contributed by atoms with Crippen LogP contribution in [-0.4, -0.2) is 53.6 Å². The van der Waals surface area contributed by atoms with Crippen LogP contribution in [0.3, 0.4) is 0 Å². The zero-order valence-electron chi connectivity index (χ0n) is 16.3. The standard InChI is InChI=1S/C20H25N3O6S/c21-20(19(24)25,30(26,27)28)13-15-1-3-18(4-2-15)29-14-16-7-11-23(12-8-16)17-5-9-22-10-6-17/h1-6,9-10,16H,7-8,11-14,21H2,(H,24,25)(H,26,27,28). The summed E-state index contributed by atoms with van der Waals surface area (Å²) >= 11 is 0. The lowest BCUT2D eigenvalue weighted by atomic mass is 9.97. The highest BCUT2D eigenvalue weighted by atomic mass is 32.2. The molecule has 1 atom stereocenters. The van der Waals surface area contributed by atoms with Crippen LogP contribution in [0.1, 0.15) is 18.4 Å². The van der Waals surface area contributed by atoms with Crippen LogP contribution >= 0.6 is 0 Å². The van der Waals surface area contributed by atoms with Gasteiger partial charge in [-0.25, -0.2) is 4.79 Å². The van der Waals surface area contributed by atoms with Crippen LogP contribution in [0.4, 0.5) is 5.69 Å². The van der Waals surface area contributed by atoms with Crippen molar-refractivity contribution in [2.75, 3.05) is 24.6 Å². The van der Waals surface area contributed by atoms with Crippen LogP contribution in [0.5, 0.6) is 5.75 Å². The number of carboxylic acid groups (broad SMARTS) is 1. The molecule has 4 N–H and O–H groups in total. The molecule has 0 aliphatic carbocycles. The van der Waals surface area contributed by atoms with E-state index in [-0.39, 0.29) is 0 Å². The maximum absolute atomic E-state index is 11.4. The van der Waals surface area contributed by atoms with Gasteiger partial charge in [0, 0.05) is 37.6 Å². The molecule has 1 aliphatic heterocycles. The lowest BCUT2D eigenvalue weighted by molar-refractivity contribution is -0.140. The van der Waals surface area contributed by atoms with Crippen LogP contribution < -0.4 is 15.4 Å². The molecule has 1 fully saturated rings. The van der Waals surface area contributed by atoms with E-state index < -0.39 is 27.4 Å². The number of nitrogens with two attached hydrogens (primary N) is 1. The molecule has 2 heterocycles. The maximum atomic E-state index is 11.4. The second-order valence-electron chi connectivity index (χ2n) is 7.44. The van der Waals surface area contributed by atoms with E-state index in [1.165, 1.54) is 17.8 Å². The van der Waals surface area contributed by atoms with Crippen molar-refractivity contribution < 1.29 is 27.6 Å². The number of benzene rings is 1. The summed E-state index contributed by atoms with van der Waals surface area (Å²) in [6.45, 7) is 2.45. The summed E-state index contributed by atoms with van der Waals surface area (Å²) in [7, 11) is -4.98.